The molecule has 2 heterocycles. The number of hydrogen-bond donors (Lipinski definition) is 0. The van der Waals surface area contributed by atoms with Crippen molar-refractivity contribution in [3.63, 3.8) is 0 Å². The minimum absolute atomic E-state index is 1.19. The Kier molecular flexibility index (Phi) is 5.65. The zero-order chi connectivity index (χ0) is 29.4. The van der Waals surface area contributed by atoms with Crippen LogP contribution in [0.5, 0.6) is 0 Å². The number of hydrogen-bond acceptors (Lipinski definition) is 2. The van der Waals surface area contributed by atoms with Crippen molar-refractivity contribution in [2.45, 2.75) is 22.9 Å². The molecule has 0 bridgehead atoms. The molecule has 8 aromatic rings. The van der Waals surface area contributed by atoms with Gasteiger partial charge in [0.05, 0.1) is 0 Å². The van der Waals surface area contributed by atoms with E-state index in [-0.39, 0.29) is 0 Å². The molecule has 0 saturated heterocycles. The fourth-order valence-corrected chi connectivity index (χ4v) is 11.7. The number of aromatic nitrogens is 1. The molecule has 0 saturated carbocycles. The van der Waals surface area contributed by atoms with E-state index >= 15 is 0 Å². The molecule has 1 aliphatic rings. The maximum Gasteiger partial charge on any atom is 0.113 e. The summed E-state index contributed by atoms with van der Waals surface area (Å²) >= 11 is 1.89. The summed E-state index contributed by atoms with van der Waals surface area (Å²) in [6, 6.07) is 47.3. The lowest BCUT2D eigenvalue weighted by Gasteiger charge is -2.20. The zero-order valence-corrected chi connectivity index (χ0v) is 26.5. The van der Waals surface area contributed by atoms with Gasteiger partial charge in [0.2, 0.25) is 0 Å². The lowest BCUT2D eigenvalue weighted by atomic mass is 9.88. The third kappa shape index (κ3) is 3.70. The Bertz CT molecular complexity index is 2400. The predicted molar refractivity (Wildman–Crippen MR) is 192 cm³/mol. The van der Waals surface area contributed by atoms with Gasteiger partial charge in [-0.25, -0.2) is 0 Å². The maximum absolute atomic E-state index is 4.68. The summed E-state index contributed by atoms with van der Waals surface area (Å²) in [5.41, 5.74) is 5.34. The van der Waals surface area contributed by atoms with Crippen LogP contribution in [0.1, 0.15) is 0 Å². The first-order chi connectivity index (χ1) is 21.6. The molecule has 208 valence electrons. The van der Waals surface area contributed by atoms with E-state index in [1.165, 1.54) is 75.1 Å². The second-order valence-corrected chi connectivity index (χ2v) is 17.8. The van der Waals surface area contributed by atoms with Crippen molar-refractivity contribution in [2.75, 3.05) is 0 Å². The Hall–Kier alpha value is -4.70. The van der Waals surface area contributed by atoms with Crippen molar-refractivity contribution in [3.8, 4) is 22.3 Å². The quantitative estimate of drug-likeness (QED) is 0.114. The molecule has 0 amide bonds. The third-order valence-corrected chi connectivity index (χ3v) is 14.3. The Morgan fingerprint density at radius 1 is 0.500 bits per heavy atom. The minimum Gasteiger partial charge on any atom is -0.264 e. The topological polar surface area (TPSA) is 12.9 Å². The highest BCUT2D eigenvalue weighted by molar-refractivity contribution is 7.99. The predicted octanol–water partition coefficient (Wildman–Crippen LogP) is 10.3. The van der Waals surface area contributed by atoms with E-state index in [0.29, 0.717) is 0 Å². The average Bonchev–Trinajstić information content (AvgIpc) is 3.30. The van der Waals surface area contributed by atoms with Crippen LogP contribution in [0.3, 0.4) is 0 Å². The van der Waals surface area contributed by atoms with Crippen LogP contribution in [0.15, 0.2) is 150 Å². The van der Waals surface area contributed by atoms with Gasteiger partial charge >= 0.3 is 0 Å². The average molecular weight is 596 g/mol. The van der Waals surface area contributed by atoms with E-state index in [2.05, 4.69) is 152 Å². The normalized spacial score (nSPS) is 13.5. The zero-order valence-electron chi connectivity index (χ0n) is 24.6. The summed E-state index contributed by atoms with van der Waals surface area (Å²) in [6.45, 7) is 4.96. The van der Waals surface area contributed by atoms with Crippen LogP contribution in [-0.2, 0) is 0 Å². The lowest BCUT2D eigenvalue weighted by molar-refractivity contribution is 1.36. The van der Waals surface area contributed by atoms with Gasteiger partial charge < -0.3 is 0 Å². The summed E-state index contributed by atoms with van der Waals surface area (Å²) in [5.74, 6) is 0. The number of benzene rings is 7. The van der Waals surface area contributed by atoms with E-state index in [1.54, 1.807) is 10.4 Å². The molecule has 1 aromatic heterocycles. The molecule has 9 rings (SSSR count). The van der Waals surface area contributed by atoms with E-state index < -0.39 is 8.07 Å². The van der Waals surface area contributed by atoms with Gasteiger partial charge in [-0.2, -0.15) is 0 Å². The van der Waals surface area contributed by atoms with Gasteiger partial charge in [-0.3, -0.25) is 4.98 Å². The molecular formula is C41H29NSSi. The smallest absolute Gasteiger partial charge is 0.113 e. The van der Waals surface area contributed by atoms with Gasteiger partial charge in [-0.05, 0) is 94.6 Å². The van der Waals surface area contributed by atoms with Crippen molar-refractivity contribution in [2.24, 2.45) is 0 Å². The van der Waals surface area contributed by atoms with Crippen molar-refractivity contribution in [3.05, 3.63) is 140 Å². The number of rotatable bonds is 3. The van der Waals surface area contributed by atoms with Gasteiger partial charge in [-0.15, -0.1) is 0 Å². The highest BCUT2D eigenvalue weighted by atomic mass is 32.2. The lowest BCUT2D eigenvalue weighted by Crippen LogP contribution is -2.49. The molecule has 0 spiro atoms. The molecule has 1 nitrogen and oxygen atoms in total. The Morgan fingerprint density at radius 3 is 2.02 bits per heavy atom. The third-order valence-electron chi connectivity index (χ3n) is 9.59. The molecule has 0 atom stereocenters. The molecule has 7 aromatic carbocycles. The first kappa shape index (κ1) is 25.8. The Labute approximate surface area is 262 Å². The van der Waals surface area contributed by atoms with Gasteiger partial charge in [0.25, 0.3) is 0 Å². The van der Waals surface area contributed by atoms with Crippen LogP contribution in [0.2, 0.25) is 13.1 Å². The van der Waals surface area contributed by atoms with Gasteiger partial charge in [-0.1, -0.05) is 128 Å². The van der Waals surface area contributed by atoms with Crippen molar-refractivity contribution in [1.29, 1.82) is 0 Å². The van der Waals surface area contributed by atoms with E-state index in [9.17, 15) is 0 Å². The van der Waals surface area contributed by atoms with Crippen LogP contribution in [-0.4, -0.2) is 13.1 Å². The highest BCUT2D eigenvalue weighted by Crippen LogP contribution is 2.47. The molecule has 0 aliphatic carbocycles. The molecule has 0 fully saturated rings. The van der Waals surface area contributed by atoms with Gasteiger partial charge in [0, 0.05) is 27.6 Å². The molecule has 1 aliphatic heterocycles. The first-order valence-electron chi connectivity index (χ1n) is 15.2. The van der Waals surface area contributed by atoms with Crippen LogP contribution in [0.25, 0.3) is 65.3 Å². The van der Waals surface area contributed by atoms with Crippen LogP contribution < -0.4 is 10.4 Å². The van der Waals surface area contributed by atoms with Crippen molar-refractivity contribution in [1.82, 2.24) is 4.98 Å². The van der Waals surface area contributed by atoms with Crippen molar-refractivity contribution < 1.29 is 0 Å². The van der Waals surface area contributed by atoms with Crippen LogP contribution >= 0.6 is 11.8 Å². The van der Waals surface area contributed by atoms with Crippen LogP contribution in [0.4, 0.5) is 0 Å². The molecular weight excluding hydrogens is 567 g/mol. The number of fused-ring (bicyclic) bond motifs is 8. The molecule has 3 heteroatoms. The molecule has 0 unspecified atom stereocenters. The van der Waals surface area contributed by atoms with Gasteiger partial charge in [0.1, 0.15) is 8.07 Å². The monoisotopic (exact) mass is 595 g/mol. The number of pyridine rings is 1. The summed E-state index contributed by atoms with van der Waals surface area (Å²) in [5, 5.41) is 13.2. The molecule has 44 heavy (non-hydrogen) atoms. The summed E-state index contributed by atoms with van der Waals surface area (Å²) < 4.78 is 0. The fraction of sp³-hybridized carbons (Fsp3) is 0.0488. The fourth-order valence-electron chi connectivity index (χ4n) is 7.52. The second kappa shape index (κ2) is 9.65. The molecule has 0 N–H and O–H groups in total. The van der Waals surface area contributed by atoms with E-state index in [0.717, 1.165) is 0 Å². The maximum atomic E-state index is 4.68. The Balaban J connectivity index is 1.30. The Morgan fingerprint density at radius 2 is 1.16 bits per heavy atom. The second-order valence-electron chi connectivity index (χ2n) is 12.3. The van der Waals surface area contributed by atoms with E-state index in [4.69, 9.17) is 0 Å². The first-order valence-corrected chi connectivity index (χ1v) is 19.0. The standard InChI is InChI=1S/C41H29NSSi/c1-44(2)38-18-10-9-15-31(38)35-24-27(19-20-39(35)44)43-41-33-17-8-7-16-32(33)40(37-25-42-22-21-34(37)41)36-23-26-11-3-4-12-28(26)29-13-5-6-14-30(29)36/h3-25H,1-2H3. The molecule has 0 radical (unpaired) electrons. The van der Waals surface area contributed by atoms with E-state index in [1.807, 2.05) is 18.0 Å². The highest BCUT2D eigenvalue weighted by Gasteiger charge is 2.37. The van der Waals surface area contributed by atoms with Crippen molar-refractivity contribution >= 4 is 73.3 Å². The summed E-state index contributed by atoms with van der Waals surface area (Å²) in [7, 11) is -1.69. The largest absolute Gasteiger partial charge is 0.264 e. The summed E-state index contributed by atoms with van der Waals surface area (Å²) in [6.07, 6.45) is 4.01. The van der Waals surface area contributed by atoms with Gasteiger partial charge in [0.15, 0.2) is 0 Å². The van der Waals surface area contributed by atoms with Crippen LogP contribution in [0, 0.1) is 0 Å². The minimum atomic E-state index is -1.69. The summed E-state index contributed by atoms with van der Waals surface area (Å²) in [4.78, 5) is 7.24. The SMILES string of the molecule is C[Si]1(C)c2ccccc2-c2cc(Sc3c4ccccc4c(-c4cc5ccccc5c5ccccc45)c4cnccc34)ccc21. The number of nitrogens with zero attached hydrogens (tertiary/aromatic N) is 1.